The number of carbonyl (C=O) groups is 1. The molecule has 1 fully saturated rings. The Morgan fingerprint density at radius 1 is 1.09 bits per heavy atom. The Balaban J connectivity index is 1.34. The minimum Gasteiger partial charge on any atom is -0.508 e. The van der Waals surface area contributed by atoms with Crippen molar-refractivity contribution in [1.82, 2.24) is 4.90 Å². The second kappa shape index (κ2) is 10.1. The van der Waals surface area contributed by atoms with Crippen LogP contribution >= 0.6 is 11.3 Å². The number of fused-ring (bicyclic) bond motifs is 1. The topological polar surface area (TPSA) is 49.8 Å². The molecule has 0 spiro atoms. The molecule has 0 bridgehead atoms. The highest BCUT2D eigenvalue weighted by atomic mass is 32.1. The summed E-state index contributed by atoms with van der Waals surface area (Å²) >= 11 is 1.17. The molecule has 1 aliphatic rings. The number of thiophene rings is 1. The first kappa shape index (κ1) is 23.5. The van der Waals surface area contributed by atoms with Gasteiger partial charge in [0.25, 0.3) is 0 Å². The fourth-order valence-electron chi connectivity index (χ4n) is 4.39. The Labute approximate surface area is 206 Å². The minimum absolute atomic E-state index is 0.0245. The monoisotopic (exact) mass is 493 g/mol. The number of hydrogen-bond acceptors (Lipinski definition) is 5. The molecule has 3 aromatic carbocycles. The predicted octanol–water partition coefficient (Wildman–Crippen LogP) is 6.60. The first-order chi connectivity index (χ1) is 17.0. The molecule has 1 N–H and O–H groups in total. The van der Waals surface area contributed by atoms with E-state index in [0.29, 0.717) is 21.6 Å². The molecule has 1 saturated heterocycles. The number of aryl methyl sites for hydroxylation is 1. The molecule has 180 valence electrons. The summed E-state index contributed by atoms with van der Waals surface area (Å²) in [4.78, 5) is 15.8. The van der Waals surface area contributed by atoms with Crippen LogP contribution in [0.15, 0.2) is 66.7 Å². The van der Waals surface area contributed by atoms with Crippen molar-refractivity contribution in [2.75, 3.05) is 26.3 Å². The number of rotatable bonds is 9. The summed E-state index contributed by atoms with van der Waals surface area (Å²) in [5.74, 6) is 0.156. The number of benzene rings is 3. The van der Waals surface area contributed by atoms with Crippen molar-refractivity contribution >= 4 is 27.2 Å². The quantitative estimate of drug-likeness (QED) is 0.267. The molecular formula is C28H25F2NO3S. The van der Waals surface area contributed by atoms with E-state index in [9.17, 15) is 18.7 Å². The SMILES string of the molecule is O=C(c1ccccc1F)c1sc2cc(O)ccc2c1Oc1ccc(CCCN2CC(CF)C2)cc1. The Morgan fingerprint density at radius 2 is 1.86 bits per heavy atom. The van der Waals surface area contributed by atoms with Gasteiger partial charge in [0.15, 0.2) is 5.75 Å². The zero-order valence-corrected chi connectivity index (χ0v) is 19.9. The van der Waals surface area contributed by atoms with Crippen molar-refractivity contribution < 1.29 is 23.4 Å². The number of phenols is 1. The summed E-state index contributed by atoms with van der Waals surface area (Å²) in [5, 5.41) is 10.6. The lowest BCUT2D eigenvalue weighted by atomic mass is 10.0. The minimum atomic E-state index is -0.591. The van der Waals surface area contributed by atoms with Crippen molar-refractivity contribution in [2.24, 2.45) is 5.92 Å². The number of ether oxygens (including phenoxy) is 1. The number of nitrogens with zero attached hydrogens (tertiary/aromatic N) is 1. The number of aromatic hydroxyl groups is 1. The molecule has 2 heterocycles. The Bertz CT molecular complexity index is 1350. The summed E-state index contributed by atoms with van der Waals surface area (Å²) in [6, 6.07) is 18.4. The van der Waals surface area contributed by atoms with E-state index in [0.717, 1.165) is 32.5 Å². The number of phenolic OH excluding ortho intramolecular Hbond substituents is 1. The molecule has 4 nitrogen and oxygen atoms in total. The van der Waals surface area contributed by atoms with E-state index < -0.39 is 11.6 Å². The number of halogens is 2. The van der Waals surface area contributed by atoms with Crippen molar-refractivity contribution in [1.29, 1.82) is 0 Å². The molecular weight excluding hydrogens is 468 g/mol. The second-order valence-electron chi connectivity index (χ2n) is 8.88. The molecule has 0 radical (unpaired) electrons. The third-order valence-electron chi connectivity index (χ3n) is 6.29. The summed E-state index contributed by atoms with van der Waals surface area (Å²) in [7, 11) is 0. The average molecular weight is 494 g/mol. The normalized spacial score (nSPS) is 14.2. The van der Waals surface area contributed by atoms with Gasteiger partial charge in [0, 0.05) is 29.1 Å². The third kappa shape index (κ3) is 5.06. The molecule has 5 rings (SSSR count). The van der Waals surface area contributed by atoms with E-state index in [4.69, 9.17) is 4.74 Å². The van der Waals surface area contributed by atoms with Crippen LogP contribution in [0, 0.1) is 11.7 Å². The van der Waals surface area contributed by atoms with Crippen LogP contribution in [0.3, 0.4) is 0 Å². The molecule has 4 aromatic rings. The van der Waals surface area contributed by atoms with Gasteiger partial charge in [-0.1, -0.05) is 24.3 Å². The van der Waals surface area contributed by atoms with Gasteiger partial charge in [-0.15, -0.1) is 11.3 Å². The molecule has 0 amide bonds. The van der Waals surface area contributed by atoms with Gasteiger partial charge in [0.2, 0.25) is 5.78 Å². The van der Waals surface area contributed by atoms with Crippen LogP contribution < -0.4 is 4.74 Å². The maximum atomic E-state index is 14.3. The lowest BCUT2D eigenvalue weighted by Gasteiger charge is -2.37. The lowest BCUT2D eigenvalue weighted by Crippen LogP contribution is -2.47. The van der Waals surface area contributed by atoms with Gasteiger partial charge < -0.3 is 14.7 Å². The van der Waals surface area contributed by atoms with Crippen LogP contribution in [-0.2, 0) is 6.42 Å². The van der Waals surface area contributed by atoms with E-state index in [1.165, 1.54) is 35.1 Å². The highest BCUT2D eigenvalue weighted by Gasteiger charge is 2.26. The first-order valence-corrected chi connectivity index (χ1v) is 12.4. The first-order valence-electron chi connectivity index (χ1n) is 11.6. The van der Waals surface area contributed by atoms with E-state index >= 15 is 0 Å². The largest absolute Gasteiger partial charge is 0.508 e. The molecule has 0 unspecified atom stereocenters. The van der Waals surface area contributed by atoms with Gasteiger partial charge in [-0.05, 0) is 67.4 Å². The summed E-state index contributed by atoms with van der Waals surface area (Å²) in [5.41, 5.74) is 1.14. The van der Waals surface area contributed by atoms with Crippen LogP contribution in [0.25, 0.3) is 10.1 Å². The molecule has 0 aliphatic carbocycles. The predicted molar refractivity (Wildman–Crippen MR) is 134 cm³/mol. The smallest absolute Gasteiger partial charge is 0.209 e. The maximum absolute atomic E-state index is 14.3. The second-order valence-corrected chi connectivity index (χ2v) is 9.93. The number of carbonyl (C=O) groups excluding carboxylic acids is 1. The van der Waals surface area contributed by atoms with Gasteiger partial charge >= 0.3 is 0 Å². The number of alkyl halides is 1. The van der Waals surface area contributed by atoms with Crippen LogP contribution in [0.4, 0.5) is 8.78 Å². The van der Waals surface area contributed by atoms with Gasteiger partial charge in [0.1, 0.15) is 22.2 Å². The third-order valence-corrected chi connectivity index (χ3v) is 7.42. The van der Waals surface area contributed by atoms with Crippen molar-refractivity contribution in [3.63, 3.8) is 0 Å². The van der Waals surface area contributed by atoms with Crippen LogP contribution in [0.1, 0.15) is 27.2 Å². The van der Waals surface area contributed by atoms with E-state index in [-0.39, 0.29) is 28.8 Å². The fraction of sp³-hybridized carbons (Fsp3) is 0.250. The Morgan fingerprint density at radius 3 is 2.60 bits per heavy atom. The number of hydrogen-bond donors (Lipinski definition) is 1. The molecule has 35 heavy (non-hydrogen) atoms. The highest BCUT2D eigenvalue weighted by molar-refractivity contribution is 7.21. The van der Waals surface area contributed by atoms with Gasteiger partial charge in [0.05, 0.1) is 12.2 Å². The standard InChI is InChI=1S/C28H25F2NO3S/c29-15-19-16-31(17-19)13-3-4-18-7-10-21(11-8-18)34-27-23-12-9-20(32)14-25(23)35-28(27)26(33)22-5-1-2-6-24(22)30/h1-2,5-12,14,19,32H,3-4,13,15-17H2. The molecule has 7 heteroatoms. The maximum Gasteiger partial charge on any atom is 0.209 e. The van der Waals surface area contributed by atoms with Crippen molar-refractivity contribution in [3.8, 4) is 17.2 Å². The zero-order chi connectivity index (χ0) is 24.4. The highest BCUT2D eigenvalue weighted by Crippen LogP contribution is 2.42. The van der Waals surface area contributed by atoms with Gasteiger partial charge in [-0.3, -0.25) is 9.18 Å². The molecule has 0 atom stereocenters. The van der Waals surface area contributed by atoms with Crippen molar-refractivity contribution in [3.05, 3.63) is 88.6 Å². The zero-order valence-electron chi connectivity index (χ0n) is 19.0. The van der Waals surface area contributed by atoms with Gasteiger partial charge in [-0.25, -0.2) is 4.39 Å². The summed E-state index contributed by atoms with van der Waals surface area (Å²) < 4.78 is 33.8. The van der Waals surface area contributed by atoms with E-state index in [2.05, 4.69) is 4.90 Å². The fourth-order valence-corrected chi connectivity index (χ4v) is 5.50. The van der Waals surface area contributed by atoms with E-state index in [1.807, 2.05) is 24.3 Å². The van der Waals surface area contributed by atoms with Crippen LogP contribution in [0.5, 0.6) is 17.2 Å². The Hall–Kier alpha value is -3.29. The number of likely N-dealkylation sites (tertiary alicyclic amines) is 1. The molecule has 1 aromatic heterocycles. The Kier molecular flexibility index (Phi) is 6.79. The lowest BCUT2D eigenvalue weighted by molar-refractivity contribution is 0.0801. The van der Waals surface area contributed by atoms with Crippen molar-refractivity contribution in [2.45, 2.75) is 12.8 Å². The van der Waals surface area contributed by atoms with Crippen LogP contribution in [-0.4, -0.2) is 42.1 Å². The van der Waals surface area contributed by atoms with Crippen LogP contribution in [0.2, 0.25) is 0 Å². The molecule has 1 aliphatic heterocycles. The summed E-state index contributed by atoms with van der Waals surface area (Å²) in [6.07, 6.45) is 1.91. The molecule has 0 saturated carbocycles. The number of ketones is 1. The summed E-state index contributed by atoms with van der Waals surface area (Å²) in [6.45, 7) is 2.43. The van der Waals surface area contributed by atoms with E-state index in [1.54, 1.807) is 24.3 Å². The average Bonchev–Trinajstić information content (AvgIpc) is 3.18. The van der Waals surface area contributed by atoms with Gasteiger partial charge in [-0.2, -0.15) is 0 Å².